The highest BCUT2D eigenvalue weighted by molar-refractivity contribution is 6.15. The number of alkyl halides is 1. The molecule has 0 spiro atoms. The fraction of sp³-hybridized carbons (Fsp3) is 0.286. The number of nitrogens with one attached hydrogen (secondary N) is 2. The van der Waals surface area contributed by atoms with Crippen molar-refractivity contribution in [3.05, 3.63) is 65.4 Å². The molecule has 7 nitrogen and oxygen atoms in total. The van der Waals surface area contributed by atoms with Gasteiger partial charge < -0.3 is 20.9 Å². The molecule has 3 aromatic carbocycles. The van der Waals surface area contributed by atoms with Gasteiger partial charge in [0.25, 0.3) is 5.91 Å². The van der Waals surface area contributed by atoms with Gasteiger partial charge in [-0.05, 0) is 53.6 Å². The Hall–Kier alpha value is -3.71. The molecule has 0 bridgehead atoms. The van der Waals surface area contributed by atoms with Gasteiger partial charge in [-0.25, -0.2) is 4.79 Å². The van der Waals surface area contributed by atoms with E-state index < -0.39 is 6.03 Å². The van der Waals surface area contributed by atoms with Crippen molar-refractivity contribution < 1.29 is 9.59 Å². The molecule has 2 aliphatic rings. The van der Waals surface area contributed by atoms with Gasteiger partial charge in [-0.15, -0.1) is 11.6 Å². The molecule has 36 heavy (non-hydrogen) atoms. The maximum Gasteiger partial charge on any atom is 0.319 e. The van der Waals surface area contributed by atoms with Gasteiger partial charge in [0.05, 0.1) is 0 Å². The maximum atomic E-state index is 13.6. The van der Waals surface area contributed by atoms with Gasteiger partial charge in [-0.1, -0.05) is 38.1 Å². The molecule has 4 N–H and O–H groups in total. The highest BCUT2D eigenvalue weighted by atomic mass is 35.5. The topological polar surface area (TPSA) is 94.5 Å². The lowest BCUT2D eigenvalue weighted by atomic mass is 10.0. The highest BCUT2D eigenvalue weighted by Crippen LogP contribution is 2.40. The van der Waals surface area contributed by atoms with Crippen LogP contribution in [0, 0.1) is 0 Å². The summed E-state index contributed by atoms with van der Waals surface area (Å²) >= 11 is 4.64. The molecule has 0 saturated carbocycles. The summed E-state index contributed by atoms with van der Waals surface area (Å²) in [7, 11) is 1.91. The van der Waals surface area contributed by atoms with Crippen molar-refractivity contribution in [2.45, 2.75) is 26.7 Å². The second-order valence-electron chi connectivity index (χ2n) is 8.37. The zero-order valence-electron chi connectivity index (χ0n) is 21.1. The van der Waals surface area contributed by atoms with Crippen LogP contribution in [-0.2, 0) is 12.8 Å². The molecule has 0 unspecified atom stereocenters. The van der Waals surface area contributed by atoms with E-state index in [9.17, 15) is 9.59 Å². The second kappa shape index (κ2) is 10.5. The van der Waals surface area contributed by atoms with Crippen LogP contribution in [0.4, 0.5) is 21.9 Å². The van der Waals surface area contributed by atoms with E-state index in [0.717, 1.165) is 46.4 Å². The molecule has 6 rings (SSSR count). The molecule has 8 heteroatoms. The number of nitrogens with zero attached hydrogens (tertiary/aromatic N) is 2. The number of rotatable bonds is 2. The molecule has 188 valence electrons. The third kappa shape index (κ3) is 4.03. The fourth-order valence-corrected chi connectivity index (χ4v) is 5.29. The molecule has 1 aromatic heterocycles. The monoisotopic (exact) mass is 505 g/mol. The summed E-state index contributed by atoms with van der Waals surface area (Å²) in [6.45, 7) is 5.21. The van der Waals surface area contributed by atoms with E-state index in [1.165, 1.54) is 22.7 Å². The normalized spacial score (nSPS) is 13.5. The Morgan fingerprint density at radius 1 is 0.889 bits per heavy atom. The van der Waals surface area contributed by atoms with Gasteiger partial charge >= 0.3 is 6.03 Å². The standard InChI is InChI=1S/C25H23N5O2.C2H6.CH3Cl/c1-27-20-13-23-16(14-4-2-3-5-15(14)20)8-10-29(23)24(31)21-12-18-17-9-11-30(25(26)32)22(17)7-6-19(18)28-21;2*1-2/h2-7,12-13,27-28H,8-11H2,1H3,(H2,26,32);1-2H3;1H3. The van der Waals surface area contributed by atoms with Crippen LogP contribution in [0.2, 0.25) is 0 Å². The summed E-state index contributed by atoms with van der Waals surface area (Å²) in [6.07, 6.45) is 3.03. The summed E-state index contributed by atoms with van der Waals surface area (Å²) in [4.78, 5) is 32.1. The number of halogens is 1. The first kappa shape index (κ1) is 25.4. The van der Waals surface area contributed by atoms with E-state index in [-0.39, 0.29) is 5.91 Å². The third-order valence-corrected chi connectivity index (χ3v) is 6.79. The average molecular weight is 506 g/mol. The highest BCUT2D eigenvalue weighted by Gasteiger charge is 2.30. The minimum Gasteiger partial charge on any atom is -0.388 e. The lowest BCUT2D eigenvalue weighted by Gasteiger charge is -2.18. The number of aromatic nitrogens is 1. The first-order valence-corrected chi connectivity index (χ1v) is 13.0. The first-order chi connectivity index (χ1) is 17.6. The minimum atomic E-state index is -0.448. The number of fused-ring (bicyclic) bond motifs is 6. The van der Waals surface area contributed by atoms with Crippen LogP contribution in [0.25, 0.3) is 21.7 Å². The number of benzene rings is 3. The molecule has 0 saturated heterocycles. The largest absolute Gasteiger partial charge is 0.388 e. The van der Waals surface area contributed by atoms with Crippen molar-refractivity contribution in [1.82, 2.24) is 4.98 Å². The number of aromatic amines is 1. The van der Waals surface area contributed by atoms with Crippen LogP contribution in [0.15, 0.2) is 48.5 Å². The number of hydrogen-bond donors (Lipinski definition) is 3. The number of H-pyrrole nitrogens is 1. The smallest absolute Gasteiger partial charge is 0.319 e. The Kier molecular flexibility index (Phi) is 7.40. The first-order valence-electron chi connectivity index (χ1n) is 12.2. The zero-order chi connectivity index (χ0) is 26.0. The molecule has 0 radical (unpaired) electrons. The molecule has 2 aliphatic heterocycles. The van der Waals surface area contributed by atoms with Crippen molar-refractivity contribution in [3.63, 3.8) is 0 Å². The Bertz CT molecular complexity index is 1450. The predicted molar refractivity (Wildman–Crippen MR) is 151 cm³/mol. The Morgan fingerprint density at radius 3 is 2.19 bits per heavy atom. The van der Waals surface area contributed by atoms with E-state index in [0.29, 0.717) is 18.8 Å². The van der Waals surface area contributed by atoms with Crippen molar-refractivity contribution in [2.24, 2.45) is 5.73 Å². The van der Waals surface area contributed by atoms with Crippen LogP contribution in [0.5, 0.6) is 0 Å². The summed E-state index contributed by atoms with van der Waals surface area (Å²) in [5, 5.41) is 6.60. The van der Waals surface area contributed by atoms with Crippen LogP contribution in [0.1, 0.15) is 35.5 Å². The van der Waals surface area contributed by atoms with Crippen LogP contribution >= 0.6 is 11.6 Å². The SMILES string of the molecule is CC.CCl.CNc1cc2c(c3ccccc13)CCN2C(=O)c1cc2c3c(ccc2[nH]1)N(C(N)=O)CC3. The van der Waals surface area contributed by atoms with Crippen molar-refractivity contribution in [1.29, 1.82) is 0 Å². The quantitative estimate of drug-likeness (QED) is 0.296. The number of hydrogen-bond acceptors (Lipinski definition) is 3. The fourth-order valence-electron chi connectivity index (χ4n) is 5.29. The number of primary amides is 1. The Labute approximate surface area is 216 Å². The number of carbonyl (C=O) groups excluding carboxylic acids is 2. The summed E-state index contributed by atoms with van der Waals surface area (Å²) < 4.78 is 0. The van der Waals surface area contributed by atoms with E-state index in [1.54, 1.807) is 4.90 Å². The van der Waals surface area contributed by atoms with Gasteiger partial charge in [-0.3, -0.25) is 9.69 Å². The van der Waals surface area contributed by atoms with E-state index >= 15 is 0 Å². The predicted octanol–water partition coefficient (Wildman–Crippen LogP) is 5.89. The van der Waals surface area contributed by atoms with Gasteiger partial charge in [0.1, 0.15) is 5.69 Å². The maximum absolute atomic E-state index is 13.6. The summed E-state index contributed by atoms with van der Waals surface area (Å²) in [5.74, 6) is -0.0456. The molecule has 0 aliphatic carbocycles. The van der Waals surface area contributed by atoms with E-state index in [2.05, 4.69) is 40.1 Å². The van der Waals surface area contributed by atoms with Crippen LogP contribution in [-0.4, -0.2) is 43.4 Å². The van der Waals surface area contributed by atoms with Gasteiger partial charge in [-0.2, -0.15) is 0 Å². The number of nitrogens with two attached hydrogens (primary N) is 1. The van der Waals surface area contributed by atoms with Gasteiger partial charge in [0.15, 0.2) is 0 Å². The third-order valence-electron chi connectivity index (χ3n) is 6.79. The second-order valence-corrected chi connectivity index (χ2v) is 8.37. The molecule has 3 heterocycles. The van der Waals surface area contributed by atoms with Crippen LogP contribution in [0.3, 0.4) is 0 Å². The van der Waals surface area contributed by atoms with E-state index in [1.807, 2.05) is 56.1 Å². The Morgan fingerprint density at radius 2 is 1.53 bits per heavy atom. The lowest BCUT2D eigenvalue weighted by Crippen LogP contribution is -2.33. The van der Waals surface area contributed by atoms with Gasteiger partial charge in [0, 0.05) is 59.9 Å². The minimum absolute atomic E-state index is 0.0456. The number of urea groups is 1. The summed E-state index contributed by atoms with van der Waals surface area (Å²) in [5.41, 5.74) is 12.0. The van der Waals surface area contributed by atoms with Gasteiger partial charge in [0.2, 0.25) is 0 Å². The van der Waals surface area contributed by atoms with Crippen molar-refractivity contribution in [2.75, 3.05) is 41.6 Å². The average Bonchev–Trinajstić information content (AvgIpc) is 3.66. The van der Waals surface area contributed by atoms with Crippen molar-refractivity contribution in [3.8, 4) is 0 Å². The zero-order valence-corrected chi connectivity index (χ0v) is 21.9. The van der Waals surface area contributed by atoms with Crippen molar-refractivity contribution >= 4 is 62.3 Å². The molecule has 3 amide bonds. The summed E-state index contributed by atoms with van der Waals surface area (Å²) in [6, 6.07) is 15.7. The van der Waals surface area contributed by atoms with Crippen LogP contribution < -0.4 is 20.9 Å². The molecular formula is C28H32ClN5O2. The van der Waals surface area contributed by atoms with E-state index in [4.69, 9.17) is 5.73 Å². The molecule has 0 fully saturated rings. The molecule has 0 atom stereocenters. The lowest BCUT2D eigenvalue weighted by molar-refractivity contribution is 0.0985. The number of carbonyl (C=O) groups is 2. The molecule has 4 aromatic rings. The Balaban J connectivity index is 0.000000726. The number of anilines is 3. The molecular weight excluding hydrogens is 474 g/mol. The number of amides is 3.